The number of carbonyl (C=O) groups is 2. The first-order valence-corrected chi connectivity index (χ1v) is 10.6. The number of aliphatic imine (C=N–C) groups is 1. The van der Waals surface area contributed by atoms with E-state index in [0.29, 0.717) is 25.5 Å². The molecule has 13 heteroatoms. The summed E-state index contributed by atoms with van der Waals surface area (Å²) in [6.07, 6.45) is -2.68. The van der Waals surface area contributed by atoms with Crippen molar-refractivity contribution in [3.63, 3.8) is 0 Å². The quantitative estimate of drug-likeness (QED) is 0.162. The van der Waals surface area contributed by atoms with Gasteiger partial charge in [-0.05, 0) is 44.4 Å². The minimum absolute atomic E-state index is 0.0995. The molecule has 7 N–H and O–H groups in total. The van der Waals surface area contributed by atoms with Crippen LogP contribution >= 0.6 is 0 Å². The molecule has 10 nitrogen and oxygen atoms in total. The van der Waals surface area contributed by atoms with Crippen LogP contribution < -0.4 is 33.0 Å². The Hall–Kier alpha value is -3.61. The minimum atomic E-state index is -4.75. The molecule has 1 aliphatic heterocycles. The summed E-state index contributed by atoms with van der Waals surface area (Å²) in [7, 11) is 0. The Bertz CT molecular complexity index is 1140. The standard InChI is InChI=1S/C21H25F3N6O4/c22-21(23,24)13-10-17(31)34-16-9-11(5-6-12(13)16)29-19(33)15(4-2-8-28-20(25)26)30-18(32)14-3-1-7-27-14/h5-6,9-10,14-15,27H,1-4,7-8H2,(H,29,33)(H,30,32)(H4,25,26,28). The molecule has 1 fully saturated rings. The molecule has 1 saturated heterocycles. The number of hydrogen-bond acceptors (Lipinski definition) is 6. The highest BCUT2D eigenvalue weighted by molar-refractivity contribution is 5.99. The fourth-order valence-electron chi connectivity index (χ4n) is 3.66. The number of guanidine groups is 1. The van der Waals surface area contributed by atoms with Crippen molar-refractivity contribution in [2.75, 3.05) is 18.4 Å². The highest BCUT2D eigenvalue weighted by atomic mass is 19.4. The molecule has 1 aliphatic rings. The van der Waals surface area contributed by atoms with Gasteiger partial charge in [-0.15, -0.1) is 0 Å². The normalized spacial score (nSPS) is 16.7. The van der Waals surface area contributed by atoms with Crippen molar-refractivity contribution in [2.24, 2.45) is 16.5 Å². The third-order valence-corrected chi connectivity index (χ3v) is 5.27. The third-order valence-electron chi connectivity index (χ3n) is 5.27. The predicted octanol–water partition coefficient (Wildman–Crippen LogP) is 1.04. The molecule has 0 aliphatic carbocycles. The van der Waals surface area contributed by atoms with E-state index in [2.05, 4.69) is 20.9 Å². The molecule has 184 valence electrons. The van der Waals surface area contributed by atoms with Crippen molar-refractivity contribution in [3.8, 4) is 0 Å². The number of hydrogen-bond donors (Lipinski definition) is 5. The predicted molar refractivity (Wildman–Crippen MR) is 119 cm³/mol. The van der Waals surface area contributed by atoms with Crippen LogP contribution in [0.25, 0.3) is 11.0 Å². The van der Waals surface area contributed by atoms with Crippen LogP contribution in [0, 0.1) is 0 Å². The summed E-state index contributed by atoms with van der Waals surface area (Å²) < 4.78 is 44.6. The number of rotatable bonds is 8. The summed E-state index contributed by atoms with van der Waals surface area (Å²) in [4.78, 5) is 40.9. The fourth-order valence-corrected chi connectivity index (χ4v) is 3.66. The Morgan fingerprint density at radius 1 is 1.26 bits per heavy atom. The van der Waals surface area contributed by atoms with Crippen LogP contribution in [0.3, 0.4) is 0 Å². The Labute approximate surface area is 191 Å². The lowest BCUT2D eigenvalue weighted by Crippen LogP contribution is -2.49. The van der Waals surface area contributed by atoms with Gasteiger partial charge in [0.25, 0.3) is 0 Å². The maximum Gasteiger partial charge on any atom is 0.417 e. The Morgan fingerprint density at radius 3 is 2.68 bits per heavy atom. The lowest BCUT2D eigenvalue weighted by Gasteiger charge is -2.20. The van der Waals surface area contributed by atoms with E-state index in [1.54, 1.807) is 0 Å². The highest BCUT2D eigenvalue weighted by Crippen LogP contribution is 2.34. The number of nitrogens with zero attached hydrogens (tertiary/aromatic N) is 1. The second-order valence-corrected chi connectivity index (χ2v) is 7.84. The van der Waals surface area contributed by atoms with E-state index in [0.717, 1.165) is 18.6 Å². The van der Waals surface area contributed by atoms with E-state index in [1.807, 2.05) is 0 Å². The first kappa shape index (κ1) is 25.0. The maximum atomic E-state index is 13.2. The van der Waals surface area contributed by atoms with Crippen LogP contribution in [-0.4, -0.2) is 42.9 Å². The van der Waals surface area contributed by atoms with Crippen molar-refractivity contribution < 1.29 is 27.2 Å². The van der Waals surface area contributed by atoms with Crippen LogP contribution in [0.5, 0.6) is 0 Å². The number of carbonyl (C=O) groups excluding carboxylic acids is 2. The number of alkyl halides is 3. The molecule has 3 rings (SSSR count). The summed E-state index contributed by atoms with van der Waals surface area (Å²) in [6.45, 7) is 0.937. The average Bonchev–Trinajstić information content (AvgIpc) is 3.29. The number of fused-ring (bicyclic) bond motifs is 1. The molecule has 0 spiro atoms. The summed E-state index contributed by atoms with van der Waals surface area (Å²) in [5, 5.41) is 7.97. The summed E-state index contributed by atoms with van der Waals surface area (Å²) >= 11 is 0. The molecule has 2 unspecified atom stereocenters. The van der Waals surface area contributed by atoms with Crippen LogP contribution in [-0.2, 0) is 15.8 Å². The molecule has 1 aromatic heterocycles. The van der Waals surface area contributed by atoms with Gasteiger partial charge >= 0.3 is 11.8 Å². The second-order valence-electron chi connectivity index (χ2n) is 7.84. The van der Waals surface area contributed by atoms with Gasteiger partial charge in [0.15, 0.2) is 5.96 Å². The smallest absolute Gasteiger partial charge is 0.417 e. The molecule has 2 amide bonds. The van der Waals surface area contributed by atoms with E-state index < -0.39 is 35.4 Å². The van der Waals surface area contributed by atoms with Crippen LogP contribution in [0.1, 0.15) is 31.2 Å². The monoisotopic (exact) mass is 482 g/mol. The van der Waals surface area contributed by atoms with E-state index in [1.165, 1.54) is 6.07 Å². The molecule has 34 heavy (non-hydrogen) atoms. The number of halogens is 3. The molecule has 0 bridgehead atoms. The van der Waals surface area contributed by atoms with E-state index in [4.69, 9.17) is 15.9 Å². The topological polar surface area (TPSA) is 165 Å². The second kappa shape index (κ2) is 10.5. The van der Waals surface area contributed by atoms with Crippen molar-refractivity contribution in [2.45, 2.75) is 43.9 Å². The summed E-state index contributed by atoms with van der Waals surface area (Å²) in [6, 6.07) is 2.50. The zero-order valence-corrected chi connectivity index (χ0v) is 18.1. The number of nitrogens with two attached hydrogens (primary N) is 2. The molecular weight excluding hydrogens is 457 g/mol. The molecule has 2 aromatic rings. The lowest BCUT2D eigenvalue weighted by molar-refractivity contribution is -0.136. The zero-order valence-electron chi connectivity index (χ0n) is 18.1. The van der Waals surface area contributed by atoms with Crippen LogP contribution in [0.15, 0.2) is 38.5 Å². The van der Waals surface area contributed by atoms with Crippen molar-refractivity contribution >= 4 is 34.4 Å². The number of nitrogens with one attached hydrogen (secondary N) is 3. The first-order chi connectivity index (χ1) is 16.0. The van der Waals surface area contributed by atoms with E-state index in [-0.39, 0.29) is 41.5 Å². The molecule has 0 radical (unpaired) electrons. The lowest BCUT2D eigenvalue weighted by atomic mass is 10.1. The summed E-state index contributed by atoms with van der Waals surface area (Å²) in [5.74, 6) is -1.03. The Balaban J connectivity index is 1.79. The highest BCUT2D eigenvalue weighted by Gasteiger charge is 2.34. The Kier molecular flexibility index (Phi) is 7.76. The van der Waals surface area contributed by atoms with Gasteiger partial charge in [-0.25, -0.2) is 4.79 Å². The number of amides is 2. The average molecular weight is 482 g/mol. The molecule has 0 saturated carbocycles. The maximum absolute atomic E-state index is 13.2. The van der Waals surface area contributed by atoms with Crippen molar-refractivity contribution in [1.29, 1.82) is 0 Å². The Morgan fingerprint density at radius 2 is 2.03 bits per heavy atom. The largest absolute Gasteiger partial charge is 0.423 e. The van der Waals surface area contributed by atoms with Gasteiger partial charge < -0.3 is 31.8 Å². The van der Waals surface area contributed by atoms with Gasteiger partial charge in [0.1, 0.15) is 11.6 Å². The molecular formula is C21H25F3N6O4. The molecule has 1 aromatic carbocycles. The third kappa shape index (κ3) is 6.47. The van der Waals surface area contributed by atoms with Gasteiger partial charge in [0.2, 0.25) is 11.8 Å². The SMILES string of the molecule is NC(N)=NCCCC(NC(=O)C1CCCN1)C(=O)Nc1ccc2c(C(F)(F)F)cc(=O)oc2c1. The molecule has 2 atom stereocenters. The van der Waals surface area contributed by atoms with Gasteiger partial charge in [-0.1, -0.05) is 0 Å². The zero-order chi connectivity index (χ0) is 24.9. The van der Waals surface area contributed by atoms with Gasteiger partial charge in [0.05, 0.1) is 11.6 Å². The molecule has 2 heterocycles. The number of benzene rings is 1. The van der Waals surface area contributed by atoms with Crippen LogP contribution in [0.2, 0.25) is 0 Å². The van der Waals surface area contributed by atoms with Crippen molar-refractivity contribution in [3.05, 3.63) is 40.2 Å². The van der Waals surface area contributed by atoms with Gasteiger partial charge in [-0.3, -0.25) is 14.6 Å². The van der Waals surface area contributed by atoms with E-state index in [9.17, 15) is 27.6 Å². The van der Waals surface area contributed by atoms with Gasteiger partial charge in [0, 0.05) is 29.8 Å². The number of anilines is 1. The first-order valence-electron chi connectivity index (χ1n) is 10.6. The van der Waals surface area contributed by atoms with Crippen LogP contribution in [0.4, 0.5) is 18.9 Å². The fraction of sp³-hybridized carbons (Fsp3) is 0.429. The van der Waals surface area contributed by atoms with Gasteiger partial charge in [-0.2, -0.15) is 13.2 Å². The minimum Gasteiger partial charge on any atom is -0.423 e. The van der Waals surface area contributed by atoms with E-state index >= 15 is 0 Å². The summed E-state index contributed by atoms with van der Waals surface area (Å²) in [5.41, 5.74) is 8.06. The van der Waals surface area contributed by atoms with Crippen molar-refractivity contribution in [1.82, 2.24) is 10.6 Å².